The van der Waals surface area contributed by atoms with Crippen LogP contribution in [0.25, 0.3) is 6.08 Å². The summed E-state index contributed by atoms with van der Waals surface area (Å²) in [6.07, 6.45) is 16.4. The summed E-state index contributed by atoms with van der Waals surface area (Å²) in [6.45, 7) is 2.31. The van der Waals surface area contributed by atoms with Gasteiger partial charge in [0.2, 0.25) is 0 Å². The van der Waals surface area contributed by atoms with E-state index in [4.69, 9.17) is 9.73 Å². The fourth-order valence-corrected chi connectivity index (χ4v) is 4.40. The molecule has 3 heterocycles. The number of nitrogens with zero attached hydrogens (tertiary/aromatic N) is 1. The third-order valence-corrected chi connectivity index (χ3v) is 6.00. The van der Waals surface area contributed by atoms with Gasteiger partial charge in [-0.25, -0.2) is 4.99 Å². The Labute approximate surface area is 167 Å². The van der Waals surface area contributed by atoms with Crippen molar-refractivity contribution in [3.05, 3.63) is 64.6 Å². The number of hydrogen-bond donors (Lipinski definition) is 2. The molecule has 2 bridgehead atoms. The minimum Gasteiger partial charge on any atom is -0.494 e. The highest BCUT2D eigenvalue weighted by molar-refractivity contribution is 6.11. The maximum Gasteiger partial charge on any atom is 0.146 e. The molecule has 4 heteroatoms. The second-order valence-corrected chi connectivity index (χ2v) is 7.90. The zero-order valence-corrected chi connectivity index (χ0v) is 17.1. The number of nitrogens with one attached hydrogen (secondary N) is 2. The van der Waals surface area contributed by atoms with E-state index in [0.717, 1.165) is 29.3 Å². The van der Waals surface area contributed by atoms with Gasteiger partial charge in [-0.05, 0) is 61.4 Å². The molecule has 4 nitrogen and oxygen atoms in total. The number of H-pyrrole nitrogens is 2. The largest absolute Gasteiger partial charge is 0.494 e. The van der Waals surface area contributed by atoms with Crippen molar-refractivity contribution >= 4 is 11.8 Å². The molecule has 1 atom stereocenters. The van der Waals surface area contributed by atoms with Crippen molar-refractivity contribution in [2.45, 2.75) is 64.2 Å². The molecular weight excluding hydrogens is 346 g/mol. The van der Waals surface area contributed by atoms with E-state index in [2.05, 4.69) is 29.0 Å². The average Bonchev–Trinajstić information content (AvgIpc) is 3.43. The van der Waals surface area contributed by atoms with Crippen LogP contribution in [0, 0.1) is 0 Å². The average molecular weight is 378 g/mol. The molecule has 1 unspecified atom stereocenters. The van der Waals surface area contributed by atoms with E-state index in [1.807, 2.05) is 24.4 Å². The van der Waals surface area contributed by atoms with Gasteiger partial charge < -0.3 is 14.7 Å². The van der Waals surface area contributed by atoms with Crippen molar-refractivity contribution in [2.75, 3.05) is 7.11 Å². The van der Waals surface area contributed by atoms with Crippen molar-refractivity contribution in [1.29, 1.82) is 0 Å². The Morgan fingerprint density at radius 1 is 1.21 bits per heavy atom. The Morgan fingerprint density at radius 3 is 2.86 bits per heavy atom. The van der Waals surface area contributed by atoms with Gasteiger partial charge in [-0.1, -0.05) is 32.6 Å². The van der Waals surface area contributed by atoms with Crippen LogP contribution in [0.3, 0.4) is 0 Å². The van der Waals surface area contributed by atoms with E-state index < -0.39 is 0 Å². The first-order valence-electron chi connectivity index (χ1n) is 10.7. The Morgan fingerprint density at radius 2 is 2.07 bits per heavy atom. The van der Waals surface area contributed by atoms with Gasteiger partial charge in [-0.2, -0.15) is 0 Å². The lowest BCUT2D eigenvalue weighted by atomic mass is 9.90. The number of methoxy groups -OCH3 is 1. The first kappa shape index (κ1) is 18.9. The lowest BCUT2D eigenvalue weighted by Crippen LogP contribution is -1.99. The maximum atomic E-state index is 5.63. The molecule has 148 valence electrons. The molecule has 0 fully saturated rings. The van der Waals surface area contributed by atoms with Crippen molar-refractivity contribution in [3.8, 4) is 0 Å². The van der Waals surface area contributed by atoms with Crippen LogP contribution >= 0.6 is 0 Å². The predicted molar refractivity (Wildman–Crippen MR) is 116 cm³/mol. The number of aliphatic imine (C=N–C) groups is 1. The Balaban J connectivity index is 1.70. The van der Waals surface area contributed by atoms with Crippen LogP contribution in [0.1, 0.15) is 80.4 Å². The van der Waals surface area contributed by atoms with Crippen LogP contribution in [-0.4, -0.2) is 22.8 Å². The third kappa shape index (κ3) is 4.01. The summed E-state index contributed by atoms with van der Waals surface area (Å²) in [7, 11) is 1.72. The zero-order chi connectivity index (χ0) is 19.3. The molecule has 2 N–H and O–H groups in total. The van der Waals surface area contributed by atoms with E-state index in [1.165, 1.54) is 61.9 Å². The van der Waals surface area contributed by atoms with Gasteiger partial charge in [0, 0.05) is 23.7 Å². The zero-order valence-electron chi connectivity index (χ0n) is 17.1. The number of rotatable bonds is 4. The smallest absolute Gasteiger partial charge is 0.146 e. The highest BCUT2D eigenvalue weighted by atomic mass is 16.5. The molecular formula is C24H31N3O. The fraction of sp³-hybridized carbons (Fsp3) is 0.458. The topological polar surface area (TPSA) is 53.2 Å². The molecule has 2 aliphatic rings. The van der Waals surface area contributed by atoms with Gasteiger partial charge in [-0.3, -0.25) is 0 Å². The monoisotopic (exact) mass is 377 g/mol. The summed E-state index contributed by atoms with van der Waals surface area (Å²) < 4.78 is 5.63. The predicted octanol–water partition coefficient (Wildman–Crippen LogP) is 6.11. The van der Waals surface area contributed by atoms with E-state index in [1.54, 1.807) is 7.11 Å². The van der Waals surface area contributed by atoms with E-state index in [0.29, 0.717) is 5.92 Å². The molecule has 2 aromatic heterocycles. The number of allylic oxidation sites excluding steroid dienone is 1. The Hall–Kier alpha value is -2.49. The molecule has 1 aliphatic heterocycles. The molecule has 4 rings (SSSR count). The molecule has 0 radical (unpaired) electrons. The second kappa shape index (κ2) is 8.68. The summed E-state index contributed by atoms with van der Waals surface area (Å²) in [6, 6.07) is 6.44. The number of hydrogen-bond acceptors (Lipinski definition) is 2. The van der Waals surface area contributed by atoms with Crippen LogP contribution < -0.4 is 0 Å². The summed E-state index contributed by atoms with van der Waals surface area (Å²) in [5.74, 6) is 1.43. The Kier molecular flexibility index (Phi) is 5.84. The number of fused-ring (bicyclic) bond motifs is 2. The number of aromatic nitrogens is 2. The molecule has 0 saturated carbocycles. The minimum absolute atomic E-state index is 0.609. The highest BCUT2D eigenvalue weighted by Crippen LogP contribution is 2.33. The molecule has 0 amide bonds. The number of ether oxygens (including phenoxy) is 1. The van der Waals surface area contributed by atoms with Crippen LogP contribution in [0.15, 0.2) is 46.9 Å². The standard InChI is InChI=1S/C24H31N3O/c1-3-17-10-7-5-4-6-8-11-18-14-19(17)21(26-18)15-23-24(28-2)16-22(27-23)20-12-9-13-25-20/h9,12-17,25-26H,3-8,10-11H2,1-2H3/b23-15+. The normalized spacial score (nSPS) is 21.9. The molecule has 2 aromatic rings. The van der Waals surface area contributed by atoms with Gasteiger partial charge in [0.1, 0.15) is 11.5 Å². The lowest BCUT2D eigenvalue weighted by Gasteiger charge is -2.15. The van der Waals surface area contributed by atoms with Gasteiger partial charge >= 0.3 is 0 Å². The van der Waals surface area contributed by atoms with Gasteiger partial charge in [0.25, 0.3) is 0 Å². The lowest BCUT2D eigenvalue weighted by molar-refractivity contribution is 0.303. The third-order valence-electron chi connectivity index (χ3n) is 6.00. The first-order chi connectivity index (χ1) is 13.8. The van der Waals surface area contributed by atoms with Gasteiger partial charge in [-0.15, -0.1) is 0 Å². The van der Waals surface area contributed by atoms with Gasteiger partial charge in [0.15, 0.2) is 0 Å². The number of aryl methyl sites for hydroxylation is 1. The highest BCUT2D eigenvalue weighted by Gasteiger charge is 2.21. The Bertz CT molecular complexity index is 883. The number of aromatic amines is 2. The maximum absolute atomic E-state index is 5.63. The first-order valence-corrected chi connectivity index (χ1v) is 10.7. The van der Waals surface area contributed by atoms with Crippen LogP contribution in [0.4, 0.5) is 0 Å². The quantitative estimate of drug-likeness (QED) is 0.664. The molecule has 0 spiro atoms. The van der Waals surface area contributed by atoms with Crippen molar-refractivity contribution in [2.24, 2.45) is 4.99 Å². The minimum atomic E-state index is 0.609. The summed E-state index contributed by atoms with van der Waals surface area (Å²) >= 11 is 0. The summed E-state index contributed by atoms with van der Waals surface area (Å²) in [5.41, 5.74) is 6.84. The SMILES string of the molecule is CCC1CCCCCCCc2cc1c(/C=C1/N=C(c3ccc[nH]3)C=C1OC)[nH]2. The van der Waals surface area contributed by atoms with Crippen molar-refractivity contribution < 1.29 is 4.74 Å². The van der Waals surface area contributed by atoms with Crippen LogP contribution in [0.5, 0.6) is 0 Å². The van der Waals surface area contributed by atoms with Crippen LogP contribution in [0.2, 0.25) is 0 Å². The van der Waals surface area contributed by atoms with E-state index >= 15 is 0 Å². The molecule has 0 aromatic carbocycles. The van der Waals surface area contributed by atoms with Crippen LogP contribution in [-0.2, 0) is 11.2 Å². The molecule has 28 heavy (non-hydrogen) atoms. The van der Waals surface area contributed by atoms with E-state index in [9.17, 15) is 0 Å². The molecule has 0 saturated heterocycles. The van der Waals surface area contributed by atoms with Gasteiger partial charge in [0.05, 0.1) is 18.5 Å². The van der Waals surface area contributed by atoms with Crippen molar-refractivity contribution in [3.63, 3.8) is 0 Å². The van der Waals surface area contributed by atoms with Crippen molar-refractivity contribution in [1.82, 2.24) is 9.97 Å². The summed E-state index contributed by atoms with van der Waals surface area (Å²) in [4.78, 5) is 11.8. The molecule has 1 aliphatic carbocycles. The van der Waals surface area contributed by atoms with E-state index in [-0.39, 0.29) is 0 Å². The summed E-state index contributed by atoms with van der Waals surface area (Å²) in [5, 5.41) is 0. The second-order valence-electron chi connectivity index (χ2n) is 7.90. The fourth-order valence-electron chi connectivity index (χ4n) is 4.40.